The van der Waals surface area contributed by atoms with E-state index in [4.69, 9.17) is 11.6 Å². The summed E-state index contributed by atoms with van der Waals surface area (Å²) in [5, 5.41) is 3.95. The first kappa shape index (κ1) is 10.4. The van der Waals surface area contributed by atoms with E-state index in [0.717, 1.165) is 4.88 Å². The van der Waals surface area contributed by atoms with Gasteiger partial charge in [-0.15, -0.1) is 11.3 Å². The highest BCUT2D eigenvalue weighted by Gasteiger charge is 2.04. The SMILES string of the molecule is Cc1cnc(Nc2ccc(Cl)cc2F)s1. The van der Waals surface area contributed by atoms with Crippen molar-refractivity contribution in [2.24, 2.45) is 0 Å². The average molecular weight is 243 g/mol. The molecule has 0 aliphatic heterocycles. The highest BCUT2D eigenvalue weighted by atomic mass is 35.5. The Kier molecular flexibility index (Phi) is 2.88. The second kappa shape index (κ2) is 4.16. The lowest BCUT2D eigenvalue weighted by Crippen LogP contribution is -1.92. The van der Waals surface area contributed by atoms with Gasteiger partial charge in [0.25, 0.3) is 0 Å². The van der Waals surface area contributed by atoms with Crippen LogP contribution < -0.4 is 5.32 Å². The van der Waals surface area contributed by atoms with Crippen LogP contribution in [-0.2, 0) is 0 Å². The zero-order chi connectivity index (χ0) is 10.8. The average Bonchev–Trinajstić information content (AvgIpc) is 2.56. The first-order valence-electron chi connectivity index (χ1n) is 4.29. The van der Waals surface area contributed by atoms with E-state index in [9.17, 15) is 4.39 Å². The summed E-state index contributed by atoms with van der Waals surface area (Å²) in [4.78, 5) is 5.16. The zero-order valence-electron chi connectivity index (χ0n) is 7.92. The molecule has 0 bridgehead atoms. The van der Waals surface area contributed by atoms with Gasteiger partial charge in [0, 0.05) is 16.1 Å². The highest BCUT2D eigenvalue weighted by Crippen LogP contribution is 2.25. The van der Waals surface area contributed by atoms with Crippen LogP contribution in [0.2, 0.25) is 5.02 Å². The first-order chi connectivity index (χ1) is 7.15. The van der Waals surface area contributed by atoms with Crippen molar-refractivity contribution < 1.29 is 4.39 Å². The van der Waals surface area contributed by atoms with Crippen LogP contribution in [0.3, 0.4) is 0 Å². The minimum absolute atomic E-state index is 0.379. The minimum atomic E-state index is -0.379. The van der Waals surface area contributed by atoms with Crippen molar-refractivity contribution in [3.63, 3.8) is 0 Å². The Balaban J connectivity index is 2.24. The number of thiazole rings is 1. The summed E-state index contributed by atoms with van der Waals surface area (Å²) < 4.78 is 13.4. The van der Waals surface area contributed by atoms with Crippen LogP contribution in [0.1, 0.15) is 4.88 Å². The molecule has 0 atom stereocenters. The lowest BCUT2D eigenvalue weighted by atomic mass is 10.3. The number of hydrogen-bond acceptors (Lipinski definition) is 3. The first-order valence-corrected chi connectivity index (χ1v) is 5.49. The summed E-state index contributed by atoms with van der Waals surface area (Å²) in [5.41, 5.74) is 0.383. The fourth-order valence-electron chi connectivity index (χ4n) is 1.12. The molecule has 1 aromatic heterocycles. The van der Waals surface area contributed by atoms with Gasteiger partial charge < -0.3 is 5.32 Å². The zero-order valence-corrected chi connectivity index (χ0v) is 9.49. The number of aryl methyl sites for hydroxylation is 1. The van der Waals surface area contributed by atoms with Gasteiger partial charge in [0.15, 0.2) is 5.13 Å². The van der Waals surface area contributed by atoms with Crippen molar-refractivity contribution in [3.05, 3.63) is 40.1 Å². The van der Waals surface area contributed by atoms with Gasteiger partial charge in [0.1, 0.15) is 5.82 Å². The maximum Gasteiger partial charge on any atom is 0.187 e. The van der Waals surface area contributed by atoms with E-state index in [1.165, 1.54) is 17.4 Å². The van der Waals surface area contributed by atoms with Crippen molar-refractivity contribution in [3.8, 4) is 0 Å². The number of nitrogens with zero attached hydrogens (tertiary/aromatic N) is 1. The number of benzene rings is 1. The second-order valence-corrected chi connectivity index (χ2v) is 4.70. The van der Waals surface area contributed by atoms with Crippen LogP contribution in [-0.4, -0.2) is 4.98 Å². The van der Waals surface area contributed by atoms with Crippen LogP contribution >= 0.6 is 22.9 Å². The van der Waals surface area contributed by atoms with E-state index >= 15 is 0 Å². The molecule has 0 radical (unpaired) electrons. The third-order valence-electron chi connectivity index (χ3n) is 1.79. The third-order valence-corrected chi connectivity index (χ3v) is 2.86. The van der Waals surface area contributed by atoms with E-state index in [2.05, 4.69) is 10.3 Å². The van der Waals surface area contributed by atoms with Crippen molar-refractivity contribution in [1.82, 2.24) is 4.98 Å². The van der Waals surface area contributed by atoms with Crippen molar-refractivity contribution in [2.45, 2.75) is 6.92 Å². The van der Waals surface area contributed by atoms with Gasteiger partial charge in [0.05, 0.1) is 5.69 Å². The van der Waals surface area contributed by atoms with Crippen molar-refractivity contribution in [1.29, 1.82) is 0 Å². The van der Waals surface area contributed by atoms with E-state index in [1.807, 2.05) is 6.92 Å². The maximum atomic E-state index is 13.4. The Morgan fingerprint density at radius 1 is 1.47 bits per heavy atom. The molecule has 0 unspecified atom stereocenters. The molecule has 5 heteroatoms. The molecule has 2 aromatic rings. The molecule has 0 spiro atoms. The highest BCUT2D eigenvalue weighted by molar-refractivity contribution is 7.15. The monoisotopic (exact) mass is 242 g/mol. The molecule has 0 aliphatic rings. The molecule has 15 heavy (non-hydrogen) atoms. The lowest BCUT2D eigenvalue weighted by Gasteiger charge is -2.03. The topological polar surface area (TPSA) is 24.9 Å². The van der Waals surface area contributed by atoms with E-state index in [0.29, 0.717) is 15.8 Å². The minimum Gasteiger partial charge on any atom is -0.329 e. The standard InChI is InChI=1S/C10H8ClFN2S/c1-6-5-13-10(15-6)14-9-3-2-7(11)4-8(9)12/h2-5H,1H3,(H,13,14). The third kappa shape index (κ3) is 2.46. The van der Waals surface area contributed by atoms with Crippen LogP contribution in [0.25, 0.3) is 0 Å². The molecule has 0 amide bonds. The van der Waals surface area contributed by atoms with Crippen molar-refractivity contribution in [2.75, 3.05) is 5.32 Å². The summed E-state index contributed by atoms with van der Waals surface area (Å²) in [7, 11) is 0. The fraction of sp³-hybridized carbons (Fsp3) is 0.100. The summed E-state index contributed by atoms with van der Waals surface area (Å²) >= 11 is 7.12. The molecule has 0 saturated carbocycles. The number of hydrogen-bond donors (Lipinski definition) is 1. The fourth-order valence-corrected chi connectivity index (χ4v) is 1.95. The van der Waals surface area contributed by atoms with E-state index in [1.54, 1.807) is 18.3 Å². The quantitative estimate of drug-likeness (QED) is 0.861. The van der Waals surface area contributed by atoms with E-state index in [-0.39, 0.29) is 5.82 Å². The largest absolute Gasteiger partial charge is 0.329 e. The van der Waals surface area contributed by atoms with Gasteiger partial charge in [-0.3, -0.25) is 0 Å². The Labute approximate surface area is 95.7 Å². The Hall–Kier alpha value is -1.13. The Morgan fingerprint density at radius 3 is 2.87 bits per heavy atom. The summed E-state index contributed by atoms with van der Waals surface area (Å²) in [5.74, 6) is -0.379. The van der Waals surface area contributed by atoms with Crippen LogP contribution in [0, 0.1) is 12.7 Å². The summed E-state index contributed by atoms with van der Waals surface area (Å²) in [6.45, 7) is 1.95. The van der Waals surface area contributed by atoms with Crippen molar-refractivity contribution >= 4 is 33.8 Å². The predicted octanol–water partition coefficient (Wildman–Crippen LogP) is 3.99. The normalized spacial score (nSPS) is 10.3. The van der Waals surface area contributed by atoms with Crippen LogP contribution in [0.5, 0.6) is 0 Å². The van der Waals surface area contributed by atoms with Gasteiger partial charge in [0.2, 0.25) is 0 Å². The molecule has 1 aromatic carbocycles. The van der Waals surface area contributed by atoms with Crippen LogP contribution in [0.15, 0.2) is 24.4 Å². The molecular formula is C10H8ClFN2S. The molecule has 78 valence electrons. The number of nitrogens with one attached hydrogen (secondary N) is 1. The molecule has 0 aliphatic carbocycles. The number of aromatic nitrogens is 1. The molecule has 1 heterocycles. The molecule has 2 nitrogen and oxygen atoms in total. The number of rotatable bonds is 2. The van der Waals surface area contributed by atoms with Gasteiger partial charge in [-0.2, -0.15) is 0 Å². The molecule has 0 saturated heterocycles. The number of anilines is 2. The molecule has 2 rings (SSSR count). The van der Waals surface area contributed by atoms with Gasteiger partial charge >= 0.3 is 0 Å². The Bertz CT molecular complexity index is 484. The second-order valence-electron chi connectivity index (χ2n) is 3.03. The van der Waals surface area contributed by atoms with Gasteiger partial charge in [-0.25, -0.2) is 9.37 Å². The lowest BCUT2D eigenvalue weighted by molar-refractivity contribution is 0.632. The predicted molar refractivity (Wildman–Crippen MR) is 61.5 cm³/mol. The maximum absolute atomic E-state index is 13.4. The van der Waals surface area contributed by atoms with Gasteiger partial charge in [-0.05, 0) is 25.1 Å². The van der Waals surface area contributed by atoms with Gasteiger partial charge in [-0.1, -0.05) is 11.6 Å². The Morgan fingerprint density at radius 2 is 2.27 bits per heavy atom. The summed E-state index contributed by atoms with van der Waals surface area (Å²) in [6.07, 6.45) is 1.74. The molecular weight excluding hydrogens is 235 g/mol. The smallest absolute Gasteiger partial charge is 0.187 e. The molecule has 0 fully saturated rings. The summed E-state index contributed by atoms with van der Waals surface area (Å²) in [6, 6.07) is 4.49. The number of halogens is 2. The van der Waals surface area contributed by atoms with Crippen LogP contribution in [0.4, 0.5) is 15.2 Å². The molecule has 1 N–H and O–H groups in total. The van der Waals surface area contributed by atoms with E-state index < -0.39 is 0 Å².